The van der Waals surface area contributed by atoms with Crippen molar-refractivity contribution in [2.75, 3.05) is 12.3 Å². The SMILES string of the molecule is CCOC(=O)c1c(N)nc(C)c2ccccc12. The van der Waals surface area contributed by atoms with Gasteiger partial charge in [0.15, 0.2) is 0 Å². The molecule has 2 N–H and O–H groups in total. The van der Waals surface area contributed by atoms with Crippen LogP contribution in [0.25, 0.3) is 10.8 Å². The molecule has 0 atom stereocenters. The Bertz CT molecular complexity index is 579. The highest BCUT2D eigenvalue weighted by Crippen LogP contribution is 2.25. The number of rotatable bonds is 2. The summed E-state index contributed by atoms with van der Waals surface area (Å²) in [7, 11) is 0. The Balaban J connectivity index is 2.73. The fourth-order valence-electron chi connectivity index (χ4n) is 1.87. The smallest absolute Gasteiger partial charge is 0.342 e. The maximum absolute atomic E-state index is 11.8. The summed E-state index contributed by atoms with van der Waals surface area (Å²) in [4.78, 5) is 16.0. The van der Waals surface area contributed by atoms with E-state index in [4.69, 9.17) is 10.5 Å². The number of anilines is 1. The molecule has 0 aliphatic rings. The van der Waals surface area contributed by atoms with Gasteiger partial charge in [0.05, 0.1) is 6.61 Å². The molecule has 0 aliphatic carbocycles. The van der Waals surface area contributed by atoms with Crippen LogP contribution in [0.4, 0.5) is 5.82 Å². The monoisotopic (exact) mass is 230 g/mol. The van der Waals surface area contributed by atoms with E-state index in [0.29, 0.717) is 12.2 Å². The first-order valence-electron chi connectivity index (χ1n) is 5.47. The summed E-state index contributed by atoms with van der Waals surface area (Å²) in [5.74, 6) is -0.201. The Morgan fingerprint density at radius 2 is 2.00 bits per heavy atom. The van der Waals surface area contributed by atoms with Crippen LogP contribution in [0.2, 0.25) is 0 Å². The van der Waals surface area contributed by atoms with Crippen LogP contribution < -0.4 is 5.73 Å². The van der Waals surface area contributed by atoms with Crippen LogP contribution in [-0.2, 0) is 4.74 Å². The molecule has 17 heavy (non-hydrogen) atoms. The van der Waals surface area contributed by atoms with Crippen LogP contribution in [0.15, 0.2) is 24.3 Å². The van der Waals surface area contributed by atoms with Gasteiger partial charge in [-0.2, -0.15) is 0 Å². The Kier molecular flexibility index (Phi) is 2.95. The average molecular weight is 230 g/mol. The van der Waals surface area contributed by atoms with E-state index in [0.717, 1.165) is 16.5 Å². The highest BCUT2D eigenvalue weighted by atomic mass is 16.5. The van der Waals surface area contributed by atoms with E-state index < -0.39 is 5.97 Å². The molecule has 1 heterocycles. The van der Waals surface area contributed by atoms with Crippen molar-refractivity contribution >= 4 is 22.6 Å². The highest BCUT2D eigenvalue weighted by Gasteiger charge is 2.17. The molecule has 4 heteroatoms. The number of carbonyl (C=O) groups is 1. The van der Waals surface area contributed by atoms with E-state index in [1.807, 2.05) is 31.2 Å². The van der Waals surface area contributed by atoms with Gasteiger partial charge in [-0.15, -0.1) is 0 Å². The molecular weight excluding hydrogens is 216 g/mol. The molecule has 0 fully saturated rings. The standard InChI is InChI=1S/C13H14N2O2/c1-3-17-13(16)11-10-7-5-4-6-9(10)8(2)15-12(11)14/h4-7H,3H2,1-2H3,(H2,14,15). The zero-order chi connectivity index (χ0) is 12.4. The molecule has 88 valence electrons. The Labute approximate surface area is 99.4 Å². The van der Waals surface area contributed by atoms with Crippen molar-refractivity contribution in [3.63, 3.8) is 0 Å². The van der Waals surface area contributed by atoms with Crippen LogP contribution >= 0.6 is 0 Å². The maximum atomic E-state index is 11.8. The normalized spacial score (nSPS) is 10.5. The number of hydrogen-bond donors (Lipinski definition) is 1. The van der Waals surface area contributed by atoms with Crippen molar-refractivity contribution in [1.29, 1.82) is 0 Å². The molecule has 4 nitrogen and oxygen atoms in total. The number of benzene rings is 1. The van der Waals surface area contributed by atoms with Gasteiger partial charge >= 0.3 is 5.97 Å². The van der Waals surface area contributed by atoms with Crippen LogP contribution in [-0.4, -0.2) is 17.6 Å². The number of nitrogens with two attached hydrogens (primary N) is 1. The molecule has 0 saturated carbocycles. The minimum absolute atomic E-state index is 0.222. The lowest BCUT2D eigenvalue weighted by Gasteiger charge is -2.10. The Morgan fingerprint density at radius 1 is 1.35 bits per heavy atom. The molecule has 1 aromatic heterocycles. The first-order valence-corrected chi connectivity index (χ1v) is 5.47. The zero-order valence-corrected chi connectivity index (χ0v) is 9.86. The van der Waals surface area contributed by atoms with E-state index in [-0.39, 0.29) is 5.82 Å². The fourth-order valence-corrected chi connectivity index (χ4v) is 1.87. The van der Waals surface area contributed by atoms with Crippen molar-refractivity contribution < 1.29 is 9.53 Å². The predicted molar refractivity (Wildman–Crippen MR) is 66.8 cm³/mol. The molecule has 1 aromatic carbocycles. The van der Waals surface area contributed by atoms with E-state index in [1.54, 1.807) is 6.92 Å². The third kappa shape index (κ3) is 1.93. The number of esters is 1. The lowest BCUT2D eigenvalue weighted by atomic mass is 10.0. The topological polar surface area (TPSA) is 65.2 Å². The summed E-state index contributed by atoms with van der Waals surface area (Å²) in [5.41, 5.74) is 6.97. The second kappa shape index (κ2) is 4.41. The summed E-state index contributed by atoms with van der Waals surface area (Å²) >= 11 is 0. The van der Waals surface area contributed by atoms with Gasteiger partial charge in [0.1, 0.15) is 11.4 Å². The van der Waals surface area contributed by atoms with Crippen molar-refractivity contribution in [3.8, 4) is 0 Å². The summed E-state index contributed by atoms with van der Waals surface area (Å²) in [6.45, 7) is 3.95. The third-order valence-corrected chi connectivity index (χ3v) is 2.61. The van der Waals surface area contributed by atoms with Gasteiger partial charge in [-0.1, -0.05) is 24.3 Å². The number of ether oxygens (including phenoxy) is 1. The van der Waals surface area contributed by atoms with Crippen molar-refractivity contribution in [1.82, 2.24) is 4.98 Å². The van der Waals surface area contributed by atoms with Crippen LogP contribution in [0.3, 0.4) is 0 Å². The van der Waals surface area contributed by atoms with Gasteiger partial charge in [-0.3, -0.25) is 0 Å². The lowest BCUT2D eigenvalue weighted by molar-refractivity contribution is 0.0529. The predicted octanol–water partition coefficient (Wildman–Crippen LogP) is 2.30. The molecule has 0 unspecified atom stereocenters. The average Bonchev–Trinajstić information content (AvgIpc) is 2.29. The van der Waals surface area contributed by atoms with E-state index in [9.17, 15) is 4.79 Å². The van der Waals surface area contributed by atoms with Gasteiger partial charge < -0.3 is 10.5 Å². The second-order valence-electron chi connectivity index (χ2n) is 3.72. The summed E-state index contributed by atoms with van der Waals surface area (Å²) < 4.78 is 5.00. The molecule has 0 aliphatic heterocycles. The first kappa shape index (κ1) is 11.4. The number of pyridine rings is 1. The van der Waals surface area contributed by atoms with Gasteiger partial charge in [-0.05, 0) is 13.8 Å². The third-order valence-electron chi connectivity index (χ3n) is 2.61. The number of nitrogen functional groups attached to an aromatic ring is 1. The van der Waals surface area contributed by atoms with Gasteiger partial charge in [0.25, 0.3) is 0 Å². The van der Waals surface area contributed by atoms with Crippen LogP contribution in [0.1, 0.15) is 23.0 Å². The molecule has 0 spiro atoms. The molecule has 0 amide bonds. The number of aryl methyl sites for hydroxylation is 1. The number of carbonyl (C=O) groups excluding carboxylic acids is 1. The molecule has 0 bridgehead atoms. The number of hydrogen-bond acceptors (Lipinski definition) is 4. The van der Waals surface area contributed by atoms with Gasteiger partial charge in [0.2, 0.25) is 0 Å². The first-order chi connectivity index (χ1) is 8.15. The van der Waals surface area contributed by atoms with Crippen molar-refractivity contribution in [2.24, 2.45) is 0 Å². The number of nitrogens with zero attached hydrogens (tertiary/aromatic N) is 1. The summed E-state index contributed by atoms with van der Waals surface area (Å²) in [6, 6.07) is 7.54. The Morgan fingerprint density at radius 3 is 2.65 bits per heavy atom. The van der Waals surface area contributed by atoms with E-state index in [2.05, 4.69) is 4.98 Å². The molecule has 0 radical (unpaired) electrons. The van der Waals surface area contributed by atoms with Gasteiger partial charge in [-0.25, -0.2) is 9.78 Å². The van der Waals surface area contributed by atoms with E-state index >= 15 is 0 Å². The van der Waals surface area contributed by atoms with Gasteiger partial charge in [0, 0.05) is 16.5 Å². The molecular formula is C13H14N2O2. The molecule has 2 aromatic rings. The quantitative estimate of drug-likeness (QED) is 0.804. The molecule has 2 rings (SSSR count). The second-order valence-corrected chi connectivity index (χ2v) is 3.72. The summed E-state index contributed by atoms with van der Waals surface area (Å²) in [6.07, 6.45) is 0. The van der Waals surface area contributed by atoms with Crippen LogP contribution in [0, 0.1) is 6.92 Å². The van der Waals surface area contributed by atoms with Crippen molar-refractivity contribution in [2.45, 2.75) is 13.8 Å². The number of aromatic nitrogens is 1. The summed E-state index contributed by atoms with van der Waals surface area (Å²) in [5, 5.41) is 1.71. The molecule has 0 saturated heterocycles. The maximum Gasteiger partial charge on any atom is 0.342 e. The number of fused-ring (bicyclic) bond motifs is 1. The van der Waals surface area contributed by atoms with Crippen LogP contribution in [0.5, 0.6) is 0 Å². The zero-order valence-electron chi connectivity index (χ0n) is 9.86. The van der Waals surface area contributed by atoms with Crippen molar-refractivity contribution in [3.05, 3.63) is 35.5 Å². The highest BCUT2D eigenvalue weighted by molar-refractivity contribution is 6.08. The largest absolute Gasteiger partial charge is 0.462 e. The minimum atomic E-state index is -0.422. The fraction of sp³-hybridized carbons (Fsp3) is 0.231. The Hall–Kier alpha value is -2.10. The lowest BCUT2D eigenvalue weighted by Crippen LogP contribution is -2.11. The van der Waals surface area contributed by atoms with E-state index in [1.165, 1.54) is 0 Å². The minimum Gasteiger partial charge on any atom is -0.462 e.